The zero-order valence-electron chi connectivity index (χ0n) is 13.5. The predicted molar refractivity (Wildman–Crippen MR) is 88.8 cm³/mol. The molecule has 1 aliphatic heterocycles. The second-order valence-electron chi connectivity index (χ2n) is 5.60. The largest absolute Gasteiger partial charge is 0.485 e. The Bertz CT molecular complexity index is 733. The van der Waals surface area contributed by atoms with Gasteiger partial charge in [-0.25, -0.2) is 0 Å². The Balaban J connectivity index is 1.61. The van der Waals surface area contributed by atoms with E-state index in [9.17, 15) is 4.79 Å². The summed E-state index contributed by atoms with van der Waals surface area (Å²) >= 11 is 0. The van der Waals surface area contributed by atoms with Crippen molar-refractivity contribution in [2.75, 3.05) is 6.79 Å². The first-order valence-electron chi connectivity index (χ1n) is 7.75. The lowest BCUT2D eigenvalue weighted by Gasteiger charge is -2.12. The van der Waals surface area contributed by atoms with Crippen LogP contribution in [0.5, 0.6) is 17.2 Å². The van der Waals surface area contributed by atoms with E-state index in [0.29, 0.717) is 30.4 Å². The fraction of sp³-hybridized carbons (Fsp3) is 0.278. The van der Waals surface area contributed by atoms with Gasteiger partial charge in [0.25, 0.3) is 0 Å². The molecule has 3 N–H and O–H groups in total. The van der Waals surface area contributed by atoms with Crippen molar-refractivity contribution < 1.29 is 19.0 Å². The number of benzene rings is 2. The molecule has 0 unspecified atom stereocenters. The smallest absolute Gasteiger partial charge is 0.234 e. The molecule has 6 nitrogen and oxygen atoms in total. The van der Waals surface area contributed by atoms with E-state index in [1.807, 2.05) is 42.5 Å². The number of fused-ring (bicyclic) bond motifs is 1. The molecule has 0 fully saturated rings. The molecule has 6 heteroatoms. The quantitative estimate of drug-likeness (QED) is 0.812. The molecule has 2 aromatic carbocycles. The van der Waals surface area contributed by atoms with Gasteiger partial charge >= 0.3 is 0 Å². The Hall–Kier alpha value is -2.73. The summed E-state index contributed by atoms with van der Waals surface area (Å²) in [6.07, 6.45) is 0. The van der Waals surface area contributed by atoms with E-state index in [4.69, 9.17) is 19.9 Å². The molecule has 0 radical (unpaired) electrons. The topological polar surface area (TPSA) is 82.8 Å². The number of amides is 1. The van der Waals surface area contributed by atoms with Gasteiger partial charge in [0, 0.05) is 6.54 Å². The number of hydrogen-bond donors (Lipinski definition) is 2. The van der Waals surface area contributed by atoms with Crippen LogP contribution in [0.4, 0.5) is 0 Å². The summed E-state index contributed by atoms with van der Waals surface area (Å²) in [7, 11) is 0. The Morgan fingerprint density at radius 3 is 2.88 bits per heavy atom. The number of ether oxygens (including phenoxy) is 3. The lowest BCUT2D eigenvalue weighted by molar-refractivity contribution is -0.119. The second kappa shape index (κ2) is 7.23. The van der Waals surface area contributed by atoms with Gasteiger partial charge in [0.2, 0.25) is 18.4 Å². The van der Waals surface area contributed by atoms with Crippen LogP contribution in [0.2, 0.25) is 0 Å². The molecule has 0 aliphatic carbocycles. The van der Waals surface area contributed by atoms with Crippen LogP contribution in [0.1, 0.15) is 18.1 Å². The summed E-state index contributed by atoms with van der Waals surface area (Å²) in [4.78, 5) is 11.1. The fourth-order valence-corrected chi connectivity index (χ4v) is 2.38. The minimum atomic E-state index is -0.367. The predicted octanol–water partition coefficient (Wildman–Crippen LogP) is 1.96. The summed E-state index contributed by atoms with van der Waals surface area (Å²) in [6, 6.07) is 13.2. The number of nitrogens with two attached hydrogens (primary N) is 1. The average Bonchev–Trinajstić information content (AvgIpc) is 3.07. The highest BCUT2D eigenvalue weighted by Crippen LogP contribution is 2.40. The van der Waals surface area contributed by atoms with Crippen LogP contribution in [0.25, 0.3) is 0 Å². The minimum absolute atomic E-state index is 0.217. The second-order valence-corrected chi connectivity index (χ2v) is 5.60. The van der Waals surface area contributed by atoms with Crippen molar-refractivity contribution in [3.05, 3.63) is 53.6 Å². The maximum Gasteiger partial charge on any atom is 0.234 e. The molecule has 126 valence electrons. The molecule has 0 spiro atoms. The highest BCUT2D eigenvalue weighted by Gasteiger charge is 2.18. The lowest BCUT2D eigenvalue weighted by atomic mass is 10.1. The van der Waals surface area contributed by atoms with E-state index in [0.717, 1.165) is 11.1 Å². The molecule has 1 aliphatic rings. The maximum absolute atomic E-state index is 11.1. The van der Waals surface area contributed by atoms with Crippen LogP contribution < -0.4 is 25.3 Å². The lowest BCUT2D eigenvalue weighted by Crippen LogP contribution is -2.38. The van der Waals surface area contributed by atoms with Gasteiger partial charge in [-0.15, -0.1) is 0 Å². The monoisotopic (exact) mass is 328 g/mol. The Labute approximate surface area is 140 Å². The number of primary amides is 1. The van der Waals surface area contributed by atoms with Crippen LogP contribution in [0.15, 0.2) is 42.5 Å². The van der Waals surface area contributed by atoms with Crippen LogP contribution >= 0.6 is 0 Å². The van der Waals surface area contributed by atoms with Crippen molar-refractivity contribution in [1.82, 2.24) is 5.32 Å². The van der Waals surface area contributed by atoms with Crippen molar-refractivity contribution >= 4 is 5.91 Å². The summed E-state index contributed by atoms with van der Waals surface area (Å²) in [5, 5.41) is 3.08. The van der Waals surface area contributed by atoms with Crippen molar-refractivity contribution in [3.63, 3.8) is 0 Å². The standard InChI is InChI=1S/C18H20N2O4/c1-12(18(19)21)20-9-13-4-2-5-14(8-13)10-22-15-6-3-7-16-17(15)24-11-23-16/h2-8,12,20H,9-11H2,1H3,(H2,19,21)/t12-/m0/s1. The Morgan fingerprint density at radius 2 is 2.04 bits per heavy atom. The Kier molecular flexibility index (Phi) is 4.86. The molecule has 0 saturated carbocycles. The summed E-state index contributed by atoms with van der Waals surface area (Å²) in [6.45, 7) is 2.94. The van der Waals surface area contributed by atoms with E-state index in [-0.39, 0.29) is 18.7 Å². The van der Waals surface area contributed by atoms with Gasteiger partial charge in [0.05, 0.1) is 6.04 Å². The van der Waals surface area contributed by atoms with Crippen LogP contribution in [0.3, 0.4) is 0 Å². The zero-order chi connectivity index (χ0) is 16.9. The number of nitrogens with one attached hydrogen (secondary N) is 1. The first-order valence-corrected chi connectivity index (χ1v) is 7.75. The first-order chi connectivity index (χ1) is 11.6. The molecule has 24 heavy (non-hydrogen) atoms. The van der Waals surface area contributed by atoms with Gasteiger partial charge in [-0.1, -0.05) is 30.3 Å². The molecule has 1 amide bonds. The number of hydrogen-bond acceptors (Lipinski definition) is 5. The van der Waals surface area contributed by atoms with Crippen molar-refractivity contribution in [3.8, 4) is 17.2 Å². The summed E-state index contributed by atoms with van der Waals surface area (Å²) < 4.78 is 16.6. The van der Waals surface area contributed by atoms with Gasteiger partial charge < -0.3 is 25.3 Å². The van der Waals surface area contributed by atoms with Crippen LogP contribution in [-0.4, -0.2) is 18.7 Å². The fourth-order valence-electron chi connectivity index (χ4n) is 2.38. The minimum Gasteiger partial charge on any atom is -0.485 e. The third kappa shape index (κ3) is 3.78. The van der Waals surface area contributed by atoms with Crippen LogP contribution in [0, 0.1) is 0 Å². The zero-order valence-corrected chi connectivity index (χ0v) is 13.5. The third-order valence-electron chi connectivity index (χ3n) is 3.79. The molecule has 1 atom stereocenters. The summed E-state index contributed by atoms with van der Waals surface area (Å²) in [5.41, 5.74) is 7.33. The van der Waals surface area contributed by atoms with Gasteiger partial charge in [-0.3, -0.25) is 4.79 Å². The molecule has 2 aromatic rings. The average molecular weight is 328 g/mol. The highest BCUT2D eigenvalue weighted by molar-refractivity contribution is 5.79. The molecule has 3 rings (SSSR count). The van der Waals surface area contributed by atoms with E-state index in [1.54, 1.807) is 6.92 Å². The third-order valence-corrected chi connectivity index (χ3v) is 3.79. The van der Waals surface area contributed by atoms with Crippen molar-refractivity contribution in [2.24, 2.45) is 5.73 Å². The maximum atomic E-state index is 11.1. The van der Waals surface area contributed by atoms with E-state index < -0.39 is 0 Å². The normalized spacial score (nSPS) is 13.5. The van der Waals surface area contributed by atoms with E-state index >= 15 is 0 Å². The number of carbonyl (C=O) groups is 1. The first kappa shape index (κ1) is 16.1. The van der Waals surface area contributed by atoms with Gasteiger partial charge in [-0.05, 0) is 30.2 Å². The molecular formula is C18H20N2O4. The molecule has 0 aromatic heterocycles. The number of carbonyl (C=O) groups excluding carboxylic acids is 1. The van der Waals surface area contributed by atoms with Crippen molar-refractivity contribution in [1.29, 1.82) is 0 Å². The number of para-hydroxylation sites is 1. The van der Waals surface area contributed by atoms with E-state index in [1.165, 1.54) is 0 Å². The molecule has 0 bridgehead atoms. The van der Waals surface area contributed by atoms with Gasteiger partial charge in [0.1, 0.15) is 6.61 Å². The Morgan fingerprint density at radius 1 is 1.25 bits per heavy atom. The molecular weight excluding hydrogens is 308 g/mol. The van der Waals surface area contributed by atoms with E-state index in [2.05, 4.69) is 5.32 Å². The van der Waals surface area contributed by atoms with Gasteiger partial charge in [0.15, 0.2) is 11.5 Å². The van der Waals surface area contributed by atoms with Crippen LogP contribution in [-0.2, 0) is 17.9 Å². The number of rotatable bonds is 7. The van der Waals surface area contributed by atoms with Crippen molar-refractivity contribution in [2.45, 2.75) is 26.1 Å². The molecule has 1 heterocycles. The van der Waals surface area contributed by atoms with Gasteiger partial charge in [-0.2, -0.15) is 0 Å². The molecule has 0 saturated heterocycles. The highest BCUT2D eigenvalue weighted by atomic mass is 16.7. The summed E-state index contributed by atoms with van der Waals surface area (Å²) in [5.74, 6) is 1.64. The SMILES string of the molecule is C[C@H](NCc1cccc(COc2cccc3c2OCO3)c1)C(N)=O.